The Bertz CT molecular complexity index is 481. The molecule has 1 heterocycles. The van der Waals surface area contributed by atoms with Crippen molar-refractivity contribution in [1.82, 2.24) is 5.32 Å². The fourth-order valence-corrected chi connectivity index (χ4v) is 2.61. The highest BCUT2D eigenvalue weighted by atomic mass is 79.9. The Hall–Kier alpha value is -1.27. The quantitative estimate of drug-likeness (QED) is 0.886. The predicted octanol–water partition coefficient (Wildman–Crippen LogP) is 3.15. The van der Waals surface area contributed by atoms with E-state index in [-0.39, 0.29) is 18.2 Å². The van der Waals surface area contributed by atoms with Crippen LogP contribution in [0.4, 0.5) is 10.5 Å². The van der Waals surface area contributed by atoms with Crippen LogP contribution in [0.1, 0.15) is 19.8 Å². The Kier molecular flexibility index (Phi) is 5.25. The second-order valence-corrected chi connectivity index (χ2v) is 5.76. The fourth-order valence-electron chi connectivity index (χ4n) is 2.25. The molecule has 0 aliphatic carbocycles. The highest BCUT2D eigenvalue weighted by molar-refractivity contribution is 9.10. The summed E-state index contributed by atoms with van der Waals surface area (Å²) in [5.74, 6) is 0.628. The molecule has 1 aliphatic rings. The first kappa shape index (κ1) is 15.1. The highest BCUT2D eigenvalue weighted by Gasteiger charge is 2.21. The summed E-state index contributed by atoms with van der Waals surface area (Å²) in [7, 11) is 1.58. The molecule has 5 nitrogen and oxygen atoms in total. The van der Waals surface area contributed by atoms with Crippen LogP contribution in [-0.2, 0) is 4.74 Å². The second-order valence-electron chi connectivity index (χ2n) is 4.85. The Morgan fingerprint density at radius 2 is 2.30 bits per heavy atom. The lowest BCUT2D eigenvalue weighted by molar-refractivity contribution is 0.0157. The lowest BCUT2D eigenvalue weighted by Gasteiger charge is -2.28. The van der Waals surface area contributed by atoms with Crippen molar-refractivity contribution >= 4 is 27.6 Å². The Morgan fingerprint density at radius 3 is 3.00 bits per heavy atom. The van der Waals surface area contributed by atoms with Crippen molar-refractivity contribution < 1.29 is 14.3 Å². The van der Waals surface area contributed by atoms with E-state index in [0.29, 0.717) is 18.0 Å². The molecule has 0 radical (unpaired) electrons. The molecule has 2 N–H and O–H groups in total. The normalized spacial score (nSPS) is 22.1. The minimum atomic E-state index is -0.222. The van der Waals surface area contributed by atoms with Crippen molar-refractivity contribution in [3.8, 4) is 5.75 Å². The van der Waals surface area contributed by atoms with Crippen LogP contribution in [0.3, 0.4) is 0 Å². The van der Waals surface area contributed by atoms with Crippen molar-refractivity contribution in [2.24, 2.45) is 0 Å². The molecule has 2 rings (SSSR count). The summed E-state index contributed by atoms with van der Waals surface area (Å²) in [5.41, 5.74) is 0.638. The standard InChI is InChI=1S/C14H19BrN2O3/c1-9-7-11(5-6-20-9)16-14(18)17-12-8-10(15)3-4-13(12)19-2/h3-4,8-9,11H,5-7H2,1-2H3,(H2,16,17,18). The molecule has 110 valence electrons. The number of carbonyl (C=O) groups excluding carboxylic acids is 1. The summed E-state index contributed by atoms with van der Waals surface area (Å²) < 4.78 is 11.6. The summed E-state index contributed by atoms with van der Waals surface area (Å²) >= 11 is 3.38. The molecule has 1 aromatic rings. The number of ether oxygens (including phenoxy) is 2. The molecule has 1 aromatic carbocycles. The maximum atomic E-state index is 12.0. The molecule has 2 amide bonds. The van der Waals surface area contributed by atoms with Crippen LogP contribution in [0.5, 0.6) is 5.75 Å². The van der Waals surface area contributed by atoms with Crippen molar-refractivity contribution in [1.29, 1.82) is 0 Å². The number of amides is 2. The van der Waals surface area contributed by atoms with Crippen LogP contribution >= 0.6 is 15.9 Å². The molecule has 1 aliphatic heterocycles. The summed E-state index contributed by atoms with van der Waals surface area (Å²) in [6.07, 6.45) is 1.87. The topological polar surface area (TPSA) is 59.6 Å². The molecular formula is C14H19BrN2O3. The first-order chi connectivity index (χ1) is 9.58. The molecular weight excluding hydrogens is 324 g/mol. The van der Waals surface area contributed by atoms with Crippen molar-refractivity contribution in [2.45, 2.75) is 31.9 Å². The van der Waals surface area contributed by atoms with Gasteiger partial charge in [0.05, 0.1) is 18.9 Å². The summed E-state index contributed by atoms with van der Waals surface area (Å²) in [6.45, 7) is 2.70. The van der Waals surface area contributed by atoms with E-state index in [1.165, 1.54) is 0 Å². The number of nitrogens with one attached hydrogen (secondary N) is 2. The molecule has 0 bridgehead atoms. The molecule has 1 fully saturated rings. The van der Waals surface area contributed by atoms with Gasteiger partial charge in [0, 0.05) is 17.1 Å². The van der Waals surface area contributed by atoms with Gasteiger partial charge < -0.3 is 20.1 Å². The number of rotatable bonds is 3. The highest BCUT2D eigenvalue weighted by Crippen LogP contribution is 2.27. The molecule has 2 atom stereocenters. The average Bonchev–Trinajstić information content (AvgIpc) is 2.38. The van der Waals surface area contributed by atoms with Crippen LogP contribution in [0.25, 0.3) is 0 Å². The summed E-state index contributed by atoms with van der Waals surface area (Å²) in [5, 5.41) is 5.79. The van der Waals surface area contributed by atoms with E-state index in [9.17, 15) is 4.79 Å². The lowest BCUT2D eigenvalue weighted by Crippen LogP contribution is -2.43. The monoisotopic (exact) mass is 342 g/mol. The average molecular weight is 343 g/mol. The van der Waals surface area contributed by atoms with Gasteiger partial charge in [-0.25, -0.2) is 4.79 Å². The van der Waals surface area contributed by atoms with Crippen molar-refractivity contribution in [3.05, 3.63) is 22.7 Å². The van der Waals surface area contributed by atoms with Gasteiger partial charge in [-0.2, -0.15) is 0 Å². The summed E-state index contributed by atoms with van der Waals surface area (Å²) in [6, 6.07) is 5.40. The first-order valence-corrected chi connectivity index (χ1v) is 7.40. The van der Waals surface area contributed by atoms with Crippen molar-refractivity contribution in [3.63, 3.8) is 0 Å². The maximum Gasteiger partial charge on any atom is 0.319 e. The molecule has 20 heavy (non-hydrogen) atoms. The van der Waals surface area contributed by atoms with Crippen LogP contribution in [0.15, 0.2) is 22.7 Å². The van der Waals surface area contributed by atoms with E-state index >= 15 is 0 Å². The van der Waals surface area contributed by atoms with Crippen LogP contribution in [0, 0.1) is 0 Å². The molecule has 0 saturated carbocycles. The number of benzene rings is 1. The largest absolute Gasteiger partial charge is 0.495 e. The third-order valence-corrected chi connectivity index (χ3v) is 3.72. The zero-order valence-electron chi connectivity index (χ0n) is 11.6. The molecule has 1 saturated heterocycles. The van der Waals surface area contributed by atoms with Gasteiger partial charge >= 0.3 is 6.03 Å². The van der Waals surface area contributed by atoms with E-state index < -0.39 is 0 Å². The number of methoxy groups -OCH3 is 1. The SMILES string of the molecule is COc1ccc(Br)cc1NC(=O)NC1CCOC(C)C1. The minimum absolute atomic E-state index is 0.150. The number of halogens is 1. The summed E-state index contributed by atoms with van der Waals surface area (Å²) in [4.78, 5) is 12.0. The third-order valence-electron chi connectivity index (χ3n) is 3.23. The lowest BCUT2D eigenvalue weighted by atomic mass is 10.0. The number of carbonyl (C=O) groups is 1. The van der Waals surface area contributed by atoms with Gasteiger partial charge in [0.25, 0.3) is 0 Å². The number of urea groups is 1. The van der Waals surface area contributed by atoms with E-state index in [2.05, 4.69) is 26.6 Å². The molecule has 0 aromatic heterocycles. The third kappa shape index (κ3) is 4.11. The molecule has 0 spiro atoms. The van der Waals surface area contributed by atoms with Gasteiger partial charge in [-0.05, 0) is 38.0 Å². The number of hydrogen-bond donors (Lipinski definition) is 2. The molecule has 2 unspecified atom stereocenters. The van der Waals surface area contributed by atoms with Crippen LogP contribution < -0.4 is 15.4 Å². The van der Waals surface area contributed by atoms with Gasteiger partial charge in [0.2, 0.25) is 0 Å². The maximum absolute atomic E-state index is 12.0. The predicted molar refractivity (Wildman–Crippen MR) is 81.3 cm³/mol. The van der Waals surface area contributed by atoms with E-state index in [1.807, 2.05) is 19.1 Å². The van der Waals surface area contributed by atoms with Crippen LogP contribution in [-0.4, -0.2) is 31.9 Å². The zero-order valence-corrected chi connectivity index (χ0v) is 13.2. The fraction of sp³-hybridized carbons (Fsp3) is 0.500. The van der Waals surface area contributed by atoms with Gasteiger partial charge in [-0.1, -0.05) is 15.9 Å². The molecule has 6 heteroatoms. The van der Waals surface area contributed by atoms with Crippen molar-refractivity contribution in [2.75, 3.05) is 19.0 Å². The van der Waals surface area contributed by atoms with Crippen LogP contribution in [0.2, 0.25) is 0 Å². The Balaban J connectivity index is 1.95. The second kappa shape index (κ2) is 6.95. The van der Waals surface area contributed by atoms with E-state index in [0.717, 1.165) is 17.3 Å². The number of hydrogen-bond acceptors (Lipinski definition) is 3. The smallest absolute Gasteiger partial charge is 0.319 e. The minimum Gasteiger partial charge on any atom is -0.495 e. The van der Waals surface area contributed by atoms with Gasteiger partial charge in [0.1, 0.15) is 5.75 Å². The van der Waals surface area contributed by atoms with E-state index in [4.69, 9.17) is 9.47 Å². The van der Waals surface area contributed by atoms with Gasteiger partial charge in [-0.3, -0.25) is 0 Å². The number of anilines is 1. The Labute approximate surface area is 127 Å². The Morgan fingerprint density at radius 1 is 1.50 bits per heavy atom. The van der Waals surface area contributed by atoms with Gasteiger partial charge in [0.15, 0.2) is 0 Å². The van der Waals surface area contributed by atoms with Gasteiger partial charge in [-0.15, -0.1) is 0 Å². The van der Waals surface area contributed by atoms with E-state index in [1.54, 1.807) is 13.2 Å². The first-order valence-electron chi connectivity index (χ1n) is 6.61. The zero-order chi connectivity index (χ0) is 14.5.